The van der Waals surface area contributed by atoms with Crippen LogP contribution in [-0.4, -0.2) is 23.7 Å². The third kappa shape index (κ3) is 32.7. The van der Waals surface area contributed by atoms with Gasteiger partial charge in [0, 0.05) is 12.8 Å². The number of rotatable bonds is 31. The van der Waals surface area contributed by atoms with Crippen LogP contribution in [-0.2, 0) is 14.3 Å². The van der Waals surface area contributed by atoms with Crippen molar-refractivity contribution < 1.29 is 19.4 Å². The van der Waals surface area contributed by atoms with Gasteiger partial charge in [0.1, 0.15) is 0 Å². The molecule has 0 radical (unpaired) electrons. The lowest BCUT2D eigenvalue weighted by Gasteiger charge is -2.06. The van der Waals surface area contributed by atoms with Gasteiger partial charge < -0.3 is 9.84 Å². The summed E-state index contributed by atoms with van der Waals surface area (Å²) < 4.78 is 5.40. The van der Waals surface area contributed by atoms with Crippen LogP contribution in [0.3, 0.4) is 0 Å². The summed E-state index contributed by atoms with van der Waals surface area (Å²) in [7, 11) is 0. The second-order valence-corrected chi connectivity index (χ2v) is 11.3. The van der Waals surface area contributed by atoms with Gasteiger partial charge in [0.25, 0.3) is 0 Å². The molecule has 38 heavy (non-hydrogen) atoms. The average Bonchev–Trinajstić information content (AvgIpc) is 2.90. The molecule has 1 N–H and O–H groups in total. The first-order chi connectivity index (χ1) is 18.7. The predicted octanol–water partition coefficient (Wildman–Crippen LogP) is 11.1. The molecule has 0 rings (SSSR count). The third-order valence-electron chi connectivity index (χ3n) is 7.44. The number of carbonyl (C=O) groups is 2. The lowest BCUT2D eigenvalue weighted by molar-refractivity contribution is -0.144. The topological polar surface area (TPSA) is 63.6 Å². The molecule has 0 aliphatic carbocycles. The first kappa shape index (κ1) is 36.7. The molecule has 0 heterocycles. The van der Waals surface area contributed by atoms with Crippen molar-refractivity contribution in [2.45, 2.75) is 187 Å². The number of aliphatic carboxylic acids is 1. The average molecular weight is 537 g/mol. The zero-order valence-corrected chi connectivity index (χ0v) is 25.3. The van der Waals surface area contributed by atoms with E-state index in [1.807, 2.05) is 0 Å². The van der Waals surface area contributed by atoms with Crippen LogP contribution in [0.4, 0.5) is 0 Å². The molecule has 4 heteroatoms. The van der Waals surface area contributed by atoms with Crippen LogP contribution in [0.2, 0.25) is 0 Å². The summed E-state index contributed by atoms with van der Waals surface area (Å²) in [6, 6.07) is 0. The van der Waals surface area contributed by atoms with E-state index in [4.69, 9.17) is 9.84 Å². The second kappa shape index (κ2) is 31.9. The molecule has 0 aliphatic heterocycles. The number of unbranched alkanes of at least 4 members (excludes halogenated alkanes) is 23. The van der Waals surface area contributed by atoms with Gasteiger partial charge >= 0.3 is 11.9 Å². The molecule has 0 amide bonds. The molecule has 0 saturated carbocycles. The van der Waals surface area contributed by atoms with E-state index in [9.17, 15) is 9.59 Å². The summed E-state index contributed by atoms with van der Waals surface area (Å²) in [5.74, 6) is -0.688. The van der Waals surface area contributed by atoms with Gasteiger partial charge in [-0.25, -0.2) is 0 Å². The van der Waals surface area contributed by atoms with E-state index >= 15 is 0 Å². The van der Waals surface area contributed by atoms with E-state index < -0.39 is 5.97 Å². The Bertz CT molecular complexity index is 529. The molecule has 0 atom stereocenters. The Hall–Kier alpha value is -1.32. The van der Waals surface area contributed by atoms with Crippen LogP contribution in [0.1, 0.15) is 187 Å². The predicted molar refractivity (Wildman–Crippen MR) is 163 cm³/mol. The molecule has 0 aromatic rings. The molecule has 4 nitrogen and oxygen atoms in total. The van der Waals surface area contributed by atoms with Crippen molar-refractivity contribution >= 4 is 11.9 Å². The number of esters is 1. The van der Waals surface area contributed by atoms with Gasteiger partial charge in [-0.3, -0.25) is 9.59 Å². The van der Waals surface area contributed by atoms with Gasteiger partial charge in [-0.2, -0.15) is 0 Å². The monoisotopic (exact) mass is 536 g/mol. The smallest absolute Gasteiger partial charge is 0.305 e. The Labute approximate surface area is 236 Å². The van der Waals surface area contributed by atoms with Crippen LogP contribution in [0.15, 0.2) is 12.2 Å². The van der Waals surface area contributed by atoms with E-state index in [2.05, 4.69) is 19.1 Å². The minimum Gasteiger partial charge on any atom is -0.481 e. The fraction of sp³-hybridized carbons (Fsp3) is 0.882. The molecular formula is C34H64O4. The maximum atomic E-state index is 11.9. The number of allylic oxidation sites excluding steroid dienone is 2. The largest absolute Gasteiger partial charge is 0.481 e. The Morgan fingerprint density at radius 2 is 0.868 bits per heavy atom. The van der Waals surface area contributed by atoms with E-state index in [0.717, 1.165) is 44.9 Å². The van der Waals surface area contributed by atoms with E-state index in [-0.39, 0.29) is 5.97 Å². The Morgan fingerprint density at radius 3 is 1.32 bits per heavy atom. The number of hydrogen-bond donors (Lipinski definition) is 1. The summed E-state index contributed by atoms with van der Waals surface area (Å²) in [6.45, 7) is 2.85. The minimum atomic E-state index is -0.677. The van der Waals surface area contributed by atoms with E-state index in [0.29, 0.717) is 19.4 Å². The molecule has 0 bridgehead atoms. The highest BCUT2D eigenvalue weighted by molar-refractivity contribution is 5.69. The number of hydrogen-bond acceptors (Lipinski definition) is 3. The lowest BCUT2D eigenvalue weighted by Crippen LogP contribution is -2.05. The zero-order chi connectivity index (χ0) is 27.8. The second-order valence-electron chi connectivity index (χ2n) is 11.3. The van der Waals surface area contributed by atoms with Gasteiger partial charge in [0.2, 0.25) is 0 Å². The Morgan fingerprint density at radius 1 is 0.500 bits per heavy atom. The number of carboxylic acids is 1. The molecule has 0 spiro atoms. The van der Waals surface area contributed by atoms with Crippen LogP contribution in [0.5, 0.6) is 0 Å². The summed E-state index contributed by atoms with van der Waals surface area (Å²) in [5, 5.41) is 8.61. The first-order valence-electron chi connectivity index (χ1n) is 16.7. The molecule has 0 aromatic carbocycles. The maximum Gasteiger partial charge on any atom is 0.305 e. The quantitative estimate of drug-likeness (QED) is 0.0543. The summed E-state index contributed by atoms with van der Waals surface area (Å²) in [5.41, 5.74) is 0. The highest BCUT2D eigenvalue weighted by Gasteiger charge is 2.03. The molecule has 0 fully saturated rings. The van der Waals surface area contributed by atoms with Gasteiger partial charge in [-0.05, 0) is 44.9 Å². The first-order valence-corrected chi connectivity index (χ1v) is 16.7. The number of carboxylic acid groups (broad SMARTS) is 1. The zero-order valence-electron chi connectivity index (χ0n) is 25.3. The highest BCUT2D eigenvalue weighted by atomic mass is 16.5. The maximum absolute atomic E-state index is 11.9. The van der Waals surface area contributed by atoms with Crippen LogP contribution >= 0.6 is 0 Å². The molecule has 0 aromatic heterocycles. The van der Waals surface area contributed by atoms with Crippen LogP contribution in [0.25, 0.3) is 0 Å². The van der Waals surface area contributed by atoms with Gasteiger partial charge in [0.15, 0.2) is 0 Å². The molecule has 0 saturated heterocycles. The van der Waals surface area contributed by atoms with Crippen LogP contribution in [0, 0.1) is 0 Å². The molecule has 0 aliphatic rings. The van der Waals surface area contributed by atoms with Crippen molar-refractivity contribution in [3.8, 4) is 0 Å². The number of ether oxygens (including phenoxy) is 1. The van der Waals surface area contributed by atoms with Crippen molar-refractivity contribution in [2.24, 2.45) is 0 Å². The van der Waals surface area contributed by atoms with E-state index in [1.54, 1.807) is 0 Å². The molecule has 224 valence electrons. The normalized spacial score (nSPS) is 11.4. The van der Waals surface area contributed by atoms with E-state index in [1.165, 1.54) is 122 Å². The highest BCUT2D eigenvalue weighted by Crippen LogP contribution is 2.14. The molecular weight excluding hydrogens is 472 g/mol. The fourth-order valence-corrected chi connectivity index (χ4v) is 4.92. The Balaban J connectivity index is 3.19. The Kier molecular flexibility index (Phi) is 30.8. The SMILES string of the molecule is CCCCCCC=CCCCCCCCCCCCC(=O)OCCCCCCCCCCCCCC(=O)O. The van der Waals surface area contributed by atoms with Gasteiger partial charge in [-0.15, -0.1) is 0 Å². The minimum absolute atomic E-state index is 0.0108. The standard InChI is InChI=1S/C34H64O4/c1-2-3-4-5-6-7-8-9-10-11-12-13-16-19-22-25-28-31-34(37)38-32-29-26-23-20-17-14-15-18-21-24-27-30-33(35)36/h7-8H,2-6,9-32H2,1H3,(H,35,36). The summed E-state index contributed by atoms with van der Waals surface area (Å²) in [4.78, 5) is 22.3. The number of carbonyl (C=O) groups excluding carboxylic acids is 1. The fourth-order valence-electron chi connectivity index (χ4n) is 4.92. The van der Waals surface area contributed by atoms with Crippen molar-refractivity contribution in [1.82, 2.24) is 0 Å². The molecule has 0 unspecified atom stereocenters. The van der Waals surface area contributed by atoms with Crippen molar-refractivity contribution in [3.05, 3.63) is 12.2 Å². The summed E-state index contributed by atoms with van der Waals surface area (Å²) >= 11 is 0. The van der Waals surface area contributed by atoms with Crippen molar-refractivity contribution in [1.29, 1.82) is 0 Å². The van der Waals surface area contributed by atoms with Crippen LogP contribution < -0.4 is 0 Å². The van der Waals surface area contributed by atoms with Gasteiger partial charge in [0.05, 0.1) is 6.61 Å². The summed E-state index contributed by atoms with van der Waals surface area (Å²) in [6.07, 6.45) is 37.8. The lowest BCUT2D eigenvalue weighted by atomic mass is 10.1. The van der Waals surface area contributed by atoms with Crippen molar-refractivity contribution in [3.63, 3.8) is 0 Å². The third-order valence-corrected chi connectivity index (χ3v) is 7.44. The van der Waals surface area contributed by atoms with Gasteiger partial charge in [-0.1, -0.05) is 141 Å². The van der Waals surface area contributed by atoms with Crippen molar-refractivity contribution in [2.75, 3.05) is 6.61 Å².